The minimum absolute atomic E-state index is 0.139. The minimum Gasteiger partial charge on any atom is -0.467 e. The zero-order valence-electron chi connectivity index (χ0n) is 16.9. The molecule has 1 atom stereocenters. The van der Waals surface area contributed by atoms with E-state index in [4.69, 9.17) is 9.47 Å². The first-order chi connectivity index (χ1) is 15.1. The predicted molar refractivity (Wildman–Crippen MR) is 111 cm³/mol. The molecule has 0 spiro atoms. The molecular weight excluding hydrogens is 398 g/mol. The van der Waals surface area contributed by atoms with Crippen LogP contribution in [0.1, 0.15) is 21.6 Å². The van der Waals surface area contributed by atoms with Crippen LogP contribution in [-0.4, -0.2) is 52.7 Å². The Bertz CT molecular complexity index is 1110. The van der Waals surface area contributed by atoms with Crippen LogP contribution in [0.4, 0.5) is 0 Å². The number of carbonyl (C=O) groups excluding carboxylic acids is 3. The van der Waals surface area contributed by atoms with E-state index in [0.29, 0.717) is 12.1 Å². The van der Waals surface area contributed by atoms with E-state index in [1.807, 2.05) is 54.6 Å². The molecule has 0 fully saturated rings. The van der Waals surface area contributed by atoms with Gasteiger partial charge in [-0.25, -0.2) is 9.59 Å². The Labute approximate surface area is 178 Å². The summed E-state index contributed by atoms with van der Waals surface area (Å²) in [6.07, 6.45) is 0.351. The Hall–Kier alpha value is -3.94. The Morgan fingerprint density at radius 1 is 1.06 bits per heavy atom. The summed E-state index contributed by atoms with van der Waals surface area (Å²) in [5.74, 6) is -1.67. The third-order valence-electron chi connectivity index (χ3n) is 5.24. The molecule has 1 amide bonds. The molecular formula is C23H21N3O5. The summed E-state index contributed by atoms with van der Waals surface area (Å²) < 4.78 is 10.1. The van der Waals surface area contributed by atoms with Crippen molar-refractivity contribution in [1.29, 1.82) is 0 Å². The number of rotatable bonds is 5. The first kappa shape index (κ1) is 20.3. The van der Waals surface area contributed by atoms with E-state index in [2.05, 4.69) is 10.2 Å². The number of amides is 1. The molecule has 8 nitrogen and oxygen atoms in total. The van der Waals surface area contributed by atoms with Crippen molar-refractivity contribution in [2.45, 2.75) is 19.0 Å². The third-order valence-corrected chi connectivity index (χ3v) is 5.24. The minimum atomic E-state index is -0.761. The number of carbonyl (C=O) groups is 3. The number of aromatic nitrogens is 2. The molecule has 1 aromatic heterocycles. The van der Waals surface area contributed by atoms with E-state index in [1.165, 1.54) is 12.0 Å². The molecule has 1 N–H and O–H groups in total. The van der Waals surface area contributed by atoms with Gasteiger partial charge in [-0.15, -0.1) is 0 Å². The van der Waals surface area contributed by atoms with Crippen LogP contribution >= 0.6 is 0 Å². The first-order valence-corrected chi connectivity index (χ1v) is 9.79. The van der Waals surface area contributed by atoms with E-state index < -0.39 is 30.5 Å². The van der Waals surface area contributed by atoms with Crippen LogP contribution in [0.15, 0.2) is 60.7 Å². The number of aromatic amines is 1. The molecule has 2 heterocycles. The van der Waals surface area contributed by atoms with Crippen molar-refractivity contribution in [3.05, 3.63) is 77.5 Å². The highest BCUT2D eigenvalue weighted by Crippen LogP contribution is 2.24. The fraction of sp³-hybridized carbons (Fsp3) is 0.217. The number of hydrogen-bond donors (Lipinski definition) is 1. The van der Waals surface area contributed by atoms with Crippen molar-refractivity contribution in [1.82, 2.24) is 15.1 Å². The maximum absolute atomic E-state index is 12.8. The van der Waals surface area contributed by atoms with Crippen molar-refractivity contribution in [2.24, 2.45) is 0 Å². The van der Waals surface area contributed by atoms with Crippen LogP contribution in [0.25, 0.3) is 11.3 Å². The molecule has 0 bridgehead atoms. The number of fused-ring (bicyclic) bond motifs is 1. The summed E-state index contributed by atoms with van der Waals surface area (Å²) in [7, 11) is 1.29. The molecule has 1 aliphatic rings. The van der Waals surface area contributed by atoms with Gasteiger partial charge in [0.25, 0.3) is 5.91 Å². The lowest BCUT2D eigenvalue weighted by Crippen LogP contribution is -2.50. The van der Waals surface area contributed by atoms with Crippen LogP contribution in [-0.2, 0) is 32.0 Å². The van der Waals surface area contributed by atoms with E-state index in [1.54, 1.807) is 6.07 Å². The molecule has 0 aliphatic carbocycles. The predicted octanol–water partition coefficient (Wildman–Crippen LogP) is 2.36. The highest BCUT2D eigenvalue weighted by molar-refractivity contribution is 5.91. The summed E-state index contributed by atoms with van der Waals surface area (Å²) in [6, 6.07) is 17.8. The second-order valence-electron chi connectivity index (χ2n) is 7.14. The number of esters is 2. The largest absolute Gasteiger partial charge is 0.467 e. The Kier molecular flexibility index (Phi) is 5.79. The lowest BCUT2D eigenvalue weighted by Gasteiger charge is -2.35. The van der Waals surface area contributed by atoms with Gasteiger partial charge in [-0.05, 0) is 17.2 Å². The van der Waals surface area contributed by atoms with Gasteiger partial charge in [-0.2, -0.15) is 5.10 Å². The van der Waals surface area contributed by atoms with Crippen molar-refractivity contribution in [3.8, 4) is 11.3 Å². The summed E-state index contributed by atoms with van der Waals surface area (Å²) in [4.78, 5) is 38.9. The molecule has 2 aromatic carbocycles. The lowest BCUT2D eigenvalue weighted by atomic mass is 9.94. The maximum atomic E-state index is 12.8. The van der Waals surface area contributed by atoms with Crippen molar-refractivity contribution < 1.29 is 23.9 Å². The highest BCUT2D eigenvalue weighted by Gasteiger charge is 2.35. The van der Waals surface area contributed by atoms with Crippen LogP contribution in [0.5, 0.6) is 0 Å². The lowest BCUT2D eigenvalue weighted by molar-refractivity contribution is -0.155. The van der Waals surface area contributed by atoms with E-state index in [-0.39, 0.29) is 12.2 Å². The number of H-pyrrole nitrogens is 1. The SMILES string of the molecule is COC(=O)[C@H]1Cc2ccccc2CN1C(=O)COC(=O)c1cc(-c2ccccc2)n[nH]1. The van der Waals surface area contributed by atoms with Gasteiger partial charge in [-0.3, -0.25) is 9.89 Å². The molecule has 31 heavy (non-hydrogen) atoms. The molecule has 1 aliphatic heterocycles. The summed E-state index contributed by atoms with van der Waals surface area (Å²) in [5.41, 5.74) is 3.52. The quantitative estimate of drug-likeness (QED) is 0.637. The Balaban J connectivity index is 1.43. The fourth-order valence-corrected chi connectivity index (χ4v) is 3.60. The summed E-state index contributed by atoms with van der Waals surface area (Å²) in [5, 5.41) is 6.75. The number of ether oxygens (including phenoxy) is 2. The third kappa shape index (κ3) is 4.32. The number of benzene rings is 2. The van der Waals surface area contributed by atoms with Gasteiger partial charge >= 0.3 is 11.9 Å². The molecule has 8 heteroatoms. The monoisotopic (exact) mass is 419 g/mol. The van der Waals surface area contributed by atoms with Gasteiger partial charge in [0.1, 0.15) is 11.7 Å². The number of nitrogens with zero attached hydrogens (tertiary/aromatic N) is 2. The first-order valence-electron chi connectivity index (χ1n) is 9.79. The Morgan fingerprint density at radius 2 is 1.77 bits per heavy atom. The van der Waals surface area contributed by atoms with Crippen LogP contribution in [0, 0.1) is 0 Å². The summed E-state index contributed by atoms with van der Waals surface area (Å²) in [6.45, 7) is -0.247. The van der Waals surface area contributed by atoms with E-state index >= 15 is 0 Å². The zero-order chi connectivity index (χ0) is 21.8. The van der Waals surface area contributed by atoms with Crippen molar-refractivity contribution in [2.75, 3.05) is 13.7 Å². The van der Waals surface area contributed by atoms with Gasteiger partial charge in [0.15, 0.2) is 6.61 Å². The normalized spacial score (nSPS) is 15.1. The van der Waals surface area contributed by atoms with E-state index in [9.17, 15) is 14.4 Å². The number of hydrogen-bond acceptors (Lipinski definition) is 6. The van der Waals surface area contributed by atoms with Crippen LogP contribution in [0.3, 0.4) is 0 Å². The Morgan fingerprint density at radius 3 is 2.52 bits per heavy atom. The zero-order valence-corrected chi connectivity index (χ0v) is 16.9. The molecule has 0 unspecified atom stereocenters. The molecule has 0 radical (unpaired) electrons. The smallest absolute Gasteiger partial charge is 0.356 e. The van der Waals surface area contributed by atoms with Gasteiger partial charge in [-0.1, -0.05) is 54.6 Å². The van der Waals surface area contributed by atoms with Gasteiger partial charge in [0.05, 0.1) is 12.8 Å². The van der Waals surface area contributed by atoms with Gasteiger partial charge < -0.3 is 14.4 Å². The average Bonchev–Trinajstić information content (AvgIpc) is 3.32. The topological polar surface area (TPSA) is 102 Å². The standard InChI is InChI=1S/C23H21N3O5/c1-30-23(29)20-11-16-9-5-6-10-17(16)13-26(20)21(27)14-31-22(28)19-12-18(24-25-19)15-7-3-2-4-8-15/h2-10,12,20H,11,13-14H2,1H3,(H,24,25)/t20-/m1/s1. The second-order valence-corrected chi connectivity index (χ2v) is 7.14. The molecule has 4 rings (SSSR count). The molecule has 0 saturated carbocycles. The van der Waals surface area contributed by atoms with Gasteiger partial charge in [0, 0.05) is 18.5 Å². The van der Waals surface area contributed by atoms with Crippen LogP contribution < -0.4 is 0 Å². The fourth-order valence-electron chi connectivity index (χ4n) is 3.60. The molecule has 3 aromatic rings. The number of methoxy groups -OCH3 is 1. The van der Waals surface area contributed by atoms with Crippen molar-refractivity contribution >= 4 is 17.8 Å². The van der Waals surface area contributed by atoms with Crippen LogP contribution in [0.2, 0.25) is 0 Å². The molecule has 158 valence electrons. The number of nitrogens with one attached hydrogen (secondary N) is 1. The average molecular weight is 419 g/mol. The van der Waals surface area contributed by atoms with Crippen molar-refractivity contribution in [3.63, 3.8) is 0 Å². The second kappa shape index (κ2) is 8.83. The summed E-state index contributed by atoms with van der Waals surface area (Å²) >= 11 is 0. The van der Waals surface area contributed by atoms with E-state index in [0.717, 1.165) is 16.7 Å². The molecule has 0 saturated heterocycles. The highest BCUT2D eigenvalue weighted by atomic mass is 16.5. The maximum Gasteiger partial charge on any atom is 0.356 e. The van der Waals surface area contributed by atoms with Gasteiger partial charge in [0.2, 0.25) is 0 Å².